The number of oxazole rings is 1. The van der Waals surface area contributed by atoms with Gasteiger partial charge in [-0.1, -0.05) is 0 Å². The molecule has 2 aromatic rings. The zero-order valence-corrected chi connectivity index (χ0v) is 7.36. The largest absolute Gasteiger partial charge is 0.499 e. The van der Waals surface area contributed by atoms with Gasteiger partial charge in [-0.05, 0) is 6.07 Å². The van der Waals surface area contributed by atoms with Crippen LogP contribution in [0.3, 0.4) is 0 Å². The first-order chi connectivity index (χ1) is 6.27. The molecule has 0 spiro atoms. The second-order valence-corrected chi connectivity index (χ2v) is 3.42. The van der Waals surface area contributed by atoms with Gasteiger partial charge in [0, 0.05) is 15.7 Å². The lowest BCUT2D eigenvalue weighted by Crippen LogP contribution is -2.26. The maximum Gasteiger partial charge on any atom is 0.499 e. The first kappa shape index (κ1) is 8.49. The van der Waals surface area contributed by atoms with Crippen LogP contribution in [0.2, 0.25) is 0 Å². The first-order valence-corrected chi connectivity index (χ1v) is 4.49. The summed E-state index contributed by atoms with van der Waals surface area (Å²) in [5, 5.41) is 19.5. The summed E-state index contributed by atoms with van der Waals surface area (Å²) in [5.74, 6) is 0.628. The Labute approximate surface area is 78.6 Å². The molecule has 0 aliphatic carbocycles. The lowest BCUT2D eigenvalue weighted by molar-refractivity contribution is 0.427. The van der Waals surface area contributed by atoms with Gasteiger partial charge >= 0.3 is 7.12 Å². The van der Waals surface area contributed by atoms with Crippen LogP contribution in [0.5, 0.6) is 0 Å². The molecule has 13 heavy (non-hydrogen) atoms. The van der Waals surface area contributed by atoms with E-state index in [1.165, 1.54) is 17.7 Å². The Morgan fingerprint density at radius 2 is 2.31 bits per heavy atom. The monoisotopic (exact) mass is 195 g/mol. The van der Waals surface area contributed by atoms with Crippen LogP contribution < -0.4 is 4.78 Å². The predicted octanol–water partition coefficient (Wildman–Crippen LogP) is 0.0829. The van der Waals surface area contributed by atoms with Crippen molar-refractivity contribution < 1.29 is 14.5 Å². The number of hydrogen-bond acceptors (Lipinski definition) is 5. The van der Waals surface area contributed by atoms with Crippen LogP contribution >= 0.6 is 11.3 Å². The summed E-state index contributed by atoms with van der Waals surface area (Å²) in [5.41, 5.74) is 0.811. The van der Waals surface area contributed by atoms with Gasteiger partial charge < -0.3 is 14.5 Å². The number of hydrogen-bond donors (Lipinski definition) is 2. The van der Waals surface area contributed by atoms with Crippen LogP contribution in [0, 0.1) is 0 Å². The zero-order valence-electron chi connectivity index (χ0n) is 6.54. The van der Waals surface area contributed by atoms with Crippen LogP contribution in [-0.4, -0.2) is 22.2 Å². The van der Waals surface area contributed by atoms with E-state index < -0.39 is 7.12 Å². The molecule has 0 aliphatic rings. The van der Waals surface area contributed by atoms with Crippen molar-refractivity contribution >= 4 is 23.2 Å². The standard InChI is InChI=1S/C7H6BNO3S/c10-8(11)7-1-5(3-13-7)6-2-9-4-12-6/h1-4,10-11H. The molecule has 0 radical (unpaired) electrons. The summed E-state index contributed by atoms with van der Waals surface area (Å²) in [7, 11) is -1.42. The SMILES string of the molecule is OB(O)c1cc(-c2cnco2)cs1. The highest BCUT2D eigenvalue weighted by Crippen LogP contribution is 2.19. The maximum absolute atomic E-state index is 8.85. The van der Waals surface area contributed by atoms with Gasteiger partial charge in [0.15, 0.2) is 12.2 Å². The van der Waals surface area contributed by atoms with E-state index in [9.17, 15) is 0 Å². The topological polar surface area (TPSA) is 66.5 Å². The fourth-order valence-corrected chi connectivity index (χ4v) is 1.74. The van der Waals surface area contributed by atoms with E-state index in [2.05, 4.69) is 4.98 Å². The second kappa shape index (κ2) is 3.33. The van der Waals surface area contributed by atoms with Crippen LogP contribution in [0.4, 0.5) is 0 Å². The third kappa shape index (κ3) is 1.64. The Balaban J connectivity index is 2.33. The summed E-state index contributed by atoms with van der Waals surface area (Å²) in [4.78, 5) is 3.77. The van der Waals surface area contributed by atoms with Crippen LogP contribution in [0.25, 0.3) is 11.3 Å². The maximum atomic E-state index is 8.85. The van der Waals surface area contributed by atoms with Gasteiger partial charge in [-0.25, -0.2) is 4.98 Å². The number of rotatable bonds is 2. The fraction of sp³-hybridized carbons (Fsp3) is 0. The molecule has 0 fully saturated rings. The van der Waals surface area contributed by atoms with E-state index in [0.29, 0.717) is 10.5 Å². The Hall–Kier alpha value is -1.11. The minimum Gasteiger partial charge on any atom is -0.443 e. The average Bonchev–Trinajstić information content (AvgIpc) is 2.75. The smallest absolute Gasteiger partial charge is 0.443 e. The van der Waals surface area contributed by atoms with Crippen LogP contribution in [-0.2, 0) is 0 Å². The van der Waals surface area contributed by atoms with Crippen LogP contribution in [0.1, 0.15) is 0 Å². The molecule has 0 saturated carbocycles. The third-order valence-electron chi connectivity index (χ3n) is 1.59. The molecule has 0 saturated heterocycles. The molecule has 2 aromatic heterocycles. The Kier molecular flexibility index (Phi) is 2.18. The van der Waals surface area contributed by atoms with E-state index in [-0.39, 0.29) is 0 Å². The summed E-state index contributed by atoms with van der Waals surface area (Å²) >= 11 is 1.27. The lowest BCUT2D eigenvalue weighted by Gasteiger charge is -1.89. The summed E-state index contributed by atoms with van der Waals surface area (Å²) in [6, 6.07) is 1.66. The fourth-order valence-electron chi connectivity index (χ4n) is 0.976. The quantitative estimate of drug-likeness (QED) is 0.666. The molecule has 0 atom stereocenters. The molecular formula is C7H6BNO3S. The second-order valence-electron chi connectivity index (χ2n) is 2.48. The number of thiophene rings is 1. The third-order valence-corrected chi connectivity index (χ3v) is 2.56. The highest BCUT2D eigenvalue weighted by molar-refractivity contribution is 7.20. The van der Waals surface area contributed by atoms with E-state index in [0.717, 1.165) is 5.56 Å². The molecular weight excluding hydrogens is 189 g/mol. The van der Waals surface area contributed by atoms with Crippen molar-refractivity contribution in [3.8, 4) is 11.3 Å². The molecule has 66 valence electrons. The summed E-state index contributed by atoms with van der Waals surface area (Å²) in [6.45, 7) is 0. The van der Waals surface area contributed by atoms with Crippen LogP contribution in [0.15, 0.2) is 28.5 Å². The van der Waals surface area contributed by atoms with Crippen molar-refractivity contribution in [1.29, 1.82) is 0 Å². The van der Waals surface area contributed by atoms with Crippen molar-refractivity contribution in [2.45, 2.75) is 0 Å². The van der Waals surface area contributed by atoms with Gasteiger partial charge in [-0.3, -0.25) is 0 Å². The van der Waals surface area contributed by atoms with Crippen molar-refractivity contribution in [2.24, 2.45) is 0 Å². The van der Waals surface area contributed by atoms with Gasteiger partial charge in [0.25, 0.3) is 0 Å². The first-order valence-electron chi connectivity index (χ1n) is 3.61. The van der Waals surface area contributed by atoms with Gasteiger partial charge in [0.2, 0.25) is 0 Å². The Morgan fingerprint density at radius 1 is 1.46 bits per heavy atom. The van der Waals surface area contributed by atoms with E-state index >= 15 is 0 Å². The van der Waals surface area contributed by atoms with Gasteiger partial charge in [-0.15, -0.1) is 0 Å². The van der Waals surface area contributed by atoms with Crippen molar-refractivity contribution in [1.82, 2.24) is 4.98 Å². The minimum absolute atomic E-state index is 0.492. The highest BCUT2D eigenvalue weighted by Gasteiger charge is 2.15. The molecule has 0 aliphatic heterocycles. The van der Waals surface area contributed by atoms with Gasteiger partial charge in [0.1, 0.15) is 0 Å². The molecule has 0 bridgehead atoms. The van der Waals surface area contributed by atoms with Crippen molar-refractivity contribution in [3.63, 3.8) is 0 Å². The molecule has 2 heterocycles. The zero-order chi connectivity index (χ0) is 9.26. The van der Waals surface area contributed by atoms with E-state index in [4.69, 9.17) is 14.5 Å². The van der Waals surface area contributed by atoms with Gasteiger partial charge in [0.05, 0.1) is 6.20 Å². The highest BCUT2D eigenvalue weighted by atomic mass is 32.1. The lowest BCUT2D eigenvalue weighted by atomic mass is 9.89. The van der Waals surface area contributed by atoms with Crippen molar-refractivity contribution in [2.75, 3.05) is 0 Å². The van der Waals surface area contributed by atoms with E-state index in [1.807, 2.05) is 0 Å². The normalized spacial score (nSPS) is 10.3. The van der Waals surface area contributed by atoms with Crippen molar-refractivity contribution in [3.05, 3.63) is 24.0 Å². The molecule has 4 nitrogen and oxygen atoms in total. The summed E-state index contributed by atoms with van der Waals surface area (Å²) in [6.07, 6.45) is 2.91. The van der Waals surface area contributed by atoms with E-state index in [1.54, 1.807) is 17.6 Å². The molecule has 0 amide bonds. The predicted molar refractivity (Wildman–Crippen MR) is 49.6 cm³/mol. The average molecular weight is 195 g/mol. The van der Waals surface area contributed by atoms with Gasteiger partial charge in [-0.2, -0.15) is 11.3 Å². The molecule has 0 unspecified atom stereocenters. The molecule has 6 heteroatoms. The number of aromatic nitrogens is 1. The Morgan fingerprint density at radius 3 is 2.85 bits per heavy atom. The molecule has 0 aromatic carbocycles. The Bertz CT molecular complexity index is 384. The molecule has 2 rings (SSSR count). The number of nitrogens with zero attached hydrogens (tertiary/aromatic N) is 1. The minimum atomic E-state index is -1.42. The summed E-state index contributed by atoms with van der Waals surface area (Å²) < 4.78 is 5.54. The molecule has 2 N–H and O–H groups in total.